The van der Waals surface area contributed by atoms with Crippen molar-refractivity contribution in [1.29, 1.82) is 0 Å². The third kappa shape index (κ3) is 6.34. The maximum atomic E-state index is 5.44. The van der Waals surface area contributed by atoms with E-state index in [1.165, 1.54) is 16.7 Å². The maximum absolute atomic E-state index is 5.44. The molecule has 1 aromatic heterocycles. The fourth-order valence-corrected chi connectivity index (χ4v) is 3.85. The summed E-state index contributed by atoms with van der Waals surface area (Å²) in [6.45, 7) is 10.7. The summed E-state index contributed by atoms with van der Waals surface area (Å²) < 4.78 is 10.8. The number of piperazine rings is 1. The average Bonchev–Trinajstić information content (AvgIpc) is 2.80. The average molecular weight is 426 g/mol. The Labute approximate surface area is 186 Å². The van der Waals surface area contributed by atoms with Crippen LogP contribution in [0, 0.1) is 6.92 Å². The number of aryl methyl sites for hydroxylation is 1. The molecule has 1 N–H and O–H groups in total. The molecule has 1 aromatic carbocycles. The van der Waals surface area contributed by atoms with E-state index < -0.39 is 0 Å². The Kier molecular flexibility index (Phi) is 8.53. The first kappa shape index (κ1) is 22.9. The quantitative estimate of drug-likeness (QED) is 0.518. The number of aromatic nitrogens is 1. The number of nitrogens with zero attached hydrogens (tertiary/aromatic N) is 4. The maximum Gasteiger partial charge on any atom is 0.194 e. The second-order valence-corrected chi connectivity index (χ2v) is 7.74. The van der Waals surface area contributed by atoms with Crippen molar-refractivity contribution in [3.63, 3.8) is 0 Å². The summed E-state index contributed by atoms with van der Waals surface area (Å²) >= 11 is 0. The number of guanidine groups is 1. The Bertz CT molecular complexity index is 863. The fourth-order valence-electron chi connectivity index (χ4n) is 3.85. The number of hydrogen-bond acceptors (Lipinski definition) is 5. The SMILES string of the molecule is CCNC(=NCCc1ccncc1C)N1CCN(Cc2ccc(OC)c(OC)c2)CC1. The monoisotopic (exact) mass is 425 g/mol. The van der Waals surface area contributed by atoms with Gasteiger partial charge in [-0.15, -0.1) is 0 Å². The third-order valence-corrected chi connectivity index (χ3v) is 5.64. The number of ether oxygens (including phenoxy) is 2. The van der Waals surface area contributed by atoms with Gasteiger partial charge in [-0.25, -0.2) is 0 Å². The lowest BCUT2D eigenvalue weighted by Crippen LogP contribution is -2.52. The van der Waals surface area contributed by atoms with Gasteiger partial charge < -0.3 is 19.7 Å². The standard InChI is InChI=1S/C24H35N5O2/c1-5-26-24(27-11-9-21-8-10-25-17-19(21)2)29-14-12-28(13-15-29)18-20-6-7-22(30-3)23(16-20)31-4/h6-8,10,16-17H,5,9,11-15,18H2,1-4H3,(H,26,27). The molecule has 1 aliphatic heterocycles. The van der Waals surface area contributed by atoms with E-state index in [-0.39, 0.29) is 0 Å². The molecule has 7 heteroatoms. The van der Waals surface area contributed by atoms with Crippen LogP contribution in [0.25, 0.3) is 0 Å². The Hall–Kier alpha value is -2.80. The van der Waals surface area contributed by atoms with Gasteiger partial charge in [0, 0.05) is 58.2 Å². The molecule has 168 valence electrons. The van der Waals surface area contributed by atoms with Crippen molar-refractivity contribution in [3.8, 4) is 11.5 Å². The Morgan fingerprint density at radius 3 is 2.55 bits per heavy atom. The highest BCUT2D eigenvalue weighted by Crippen LogP contribution is 2.28. The molecule has 1 saturated heterocycles. The molecular weight excluding hydrogens is 390 g/mol. The zero-order valence-electron chi connectivity index (χ0n) is 19.2. The van der Waals surface area contributed by atoms with Gasteiger partial charge >= 0.3 is 0 Å². The van der Waals surface area contributed by atoms with Gasteiger partial charge in [0.1, 0.15) is 0 Å². The highest BCUT2D eigenvalue weighted by molar-refractivity contribution is 5.80. The molecule has 0 saturated carbocycles. The summed E-state index contributed by atoms with van der Waals surface area (Å²) in [6, 6.07) is 8.24. The van der Waals surface area contributed by atoms with Crippen LogP contribution >= 0.6 is 0 Å². The molecule has 0 atom stereocenters. The molecule has 2 aromatic rings. The molecule has 0 aliphatic carbocycles. The molecule has 0 amide bonds. The predicted octanol–water partition coefficient (Wildman–Crippen LogP) is 2.73. The highest BCUT2D eigenvalue weighted by Gasteiger charge is 2.20. The Morgan fingerprint density at radius 1 is 1.10 bits per heavy atom. The van der Waals surface area contributed by atoms with E-state index in [4.69, 9.17) is 14.5 Å². The summed E-state index contributed by atoms with van der Waals surface area (Å²) in [5.74, 6) is 2.56. The van der Waals surface area contributed by atoms with E-state index in [1.54, 1.807) is 14.2 Å². The van der Waals surface area contributed by atoms with E-state index in [2.05, 4.69) is 52.1 Å². The van der Waals surface area contributed by atoms with E-state index in [0.717, 1.165) is 69.7 Å². The van der Waals surface area contributed by atoms with Crippen LogP contribution in [-0.4, -0.2) is 74.2 Å². The lowest BCUT2D eigenvalue weighted by molar-refractivity contribution is 0.172. The Balaban J connectivity index is 1.54. The van der Waals surface area contributed by atoms with E-state index in [9.17, 15) is 0 Å². The lowest BCUT2D eigenvalue weighted by atomic mass is 10.1. The Morgan fingerprint density at radius 2 is 1.87 bits per heavy atom. The van der Waals surface area contributed by atoms with Gasteiger partial charge in [-0.2, -0.15) is 0 Å². The first-order valence-electron chi connectivity index (χ1n) is 11.0. The summed E-state index contributed by atoms with van der Waals surface area (Å²) in [4.78, 5) is 13.9. The van der Waals surface area contributed by atoms with Crippen molar-refractivity contribution in [2.75, 3.05) is 53.5 Å². The molecule has 0 spiro atoms. The number of rotatable bonds is 8. The minimum atomic E-state index is 0.768. The van der Waals surface area contributed by atoms with Gasteiger partial charge in [0.15, 0.2) is 17.5 Å². The van der Waals surface area contributed by atoms with Crippen LogP contribution in [-0.2, 0) is 13.0 Å². The van der Waals surface area contributed by atoms with Crippen molar-refractivity contribution in [2.24, 2.45) is 4.99 Å². The zero-order chi connectivity index (χ0) is 22.1. The number of nitrogens with one attached hydrogen (secondary N) is 1. The minimum absolute atomic E-state index is 0.768. The van der Waals surface area contributed by atoms with E-state index in [0.29, 0.717) is 0 Å². The van der Waals surface area contributed by atoms with Gasteiger partial charge in [0.25, 0.3) is 0 Å². The van der Waals surface area contributed by atoms with Gasteiger partial charge in [-0.1, -0.05) is 6.07 Å². The van der Waals surface area contributed by atoms with Crippen molar-refractivity contribution in [3.05, 3.63) is 53.3 Å². The topological polar surface area (TPSA) is 62.2 Å². The summed E-state index contributed by atoms with van der Waals surface area (Å²) in [7, 11) is 3.34. The van der Waals surface area contributed by atoms with Crippen LogP contribution in [0.2, 0.25) is 0 Å². The predicted molar refractivity (Wildman–Crippen MR) is 125 cm³/mol. The lowest BCUT2D eigenvalue weighted by Gasteiger charge is -2.36. The number of methoxy groups -OCH3 is 2. The number of pyridine rings is 1. The van der Waals surface area contributed by atoms with Gasteiger partial charge in [0.2, 0.25) is 0 Å². The zero-order valence-corrected chi connectivity index (χ0v) is 19.2. The summed E-state index contributed by atoms with van der Waals surface area (Å²) in [6.07, 6.45) is 4.71. The molecule has 31 heavy (non-hydrogen) atoms. The van der Waals surface area contributed by atoms with Gasteiger partial charge in [-0.05, 0) is 55.2 Å². The normalized spacial score (nSPS) is 15.1. The number of aliphatic imine (C=N–C) groups is 1. The van der Waals surface area contributed by atoms with E-state index >= 15 is 0 Å². The summed E-state index contributed by atoms with van der Waals surface area (Å²) in [5.41, 5.74) is 3.78. The van der Waals surface area contributed by atoms with Crippen molar-refractivity contribution in [1.82, 2.24) is 20.1 Å². The van der Waals surface area contributed by atoms with Gasteiger partial charge in [0.05, 0.1) is 14.2 Å². The second kappa shape index (κ2) is 11.6. The minimum Gasteiger partial charge on any atom is -0.493 e. The largest absolute Gasteiger partial charge is 0.493 e. The van der Waals surface area contributed by atoms with Crippen molar-refractivity contribution < 1.29 is 9.47 Å². The fraction of sp³-hybridized carbons (Fsp3) is 0.500. The molecule has 0 unspecified atom stereocenters. The molecule has 3 rings (SSSR count). The van der Waals surface area contributed by atoms with Crippen LogP contribution in [0.15, 0.2) is 41.7 Å². The van der Waals surface area contributed by atoms with Gasteiger partial charge in [-0.3, -0.25) is 14.9 Å². The van der Waals surface area contributed by atoms with Crippen LogP contribution in [0.4, 0.5) is 0 Å². The molecule has 0 radical (unpaired) electrons. The first-order chi connectivity index (χ1) is 15.1. The smallest absolute Gasteiger partial charge is 0.194 e. The van der Waals surface area contributed by atoms with Crippen molar-refractivity contribution >= 4 is 5.96 Å². The third-order valence-electron chi connectivity index (χ3n) is 5.64. The van der Waals surface area contributed by atoms with Crippen LogP contribution in [0.3, 0.4) is 0 Å². The van der Waals surface area contributed by atoms with Crippen LogP contribution < -0.4 is 14.8 Å². The van der Waals surface area contributed by atoms with Crippen LogP contribution in [0.1, 0.15) is 23.6 Å². The molecule has 0 bridgehead atoms. The van der Waals surface area contributed by atoms with Crippen LogP contribution in [0.5, 0.6) is 11.5 Å². The molecular formula is C24H35N5O2. The molecule has 1 aliphatic rings. The highest BCUT2D eigenvalue weighted by atomic mass is 16.5. The molecule has 1 fully saturated rings. The van der Waals surface area contributed by atoms with Crippen molar-refractivity contribution in [2.45, 2.75) is 26.8 Å². The first-order valence-corrected chi connectivity index (χ1v) is 11.0. The molecule has 7 nitrogen and oxygen atoms in total. The molecule has 2 heterocycles. The summed E-state index contributed by atoms with van der Waals surface area (Å²) in [5, 5.41) is 3.46. The number of hydrogen-bond donors (Lipinski definition) is 1. The number of benzene rings is 1. The second-order valence-electron chi connectivity index (χ2n) is 7.74. The van der Waals surface area contributed by atoms with E-state index in [1.807, 2.05) is 18.5 Å².